The topological polar surface area (TPSA) is 54.5 Å². The van der Waals surface area contributed by atoms with Crippen molar-refractivity contribution in [1.29, 1.82) is 0 Å². The highest BCUT2D eigenvalue weighted by molar-refractivity contribution is 7.94. The summed E-state index contributed by atoms with van der Waals surface area (Å²) in [7, 11) is -2.02. The van der Waals surface area contributed by atoms with Crippen molar-refractivity contribution in [2.75, 3.05) is 7.05 Å². The number of nitrogens with zero attached hydrogens (tertiary/aromatic N) is 1. The molecule has 5 heteroatoms. The number of sulfone groups is 1. The summed E-state index contributed by atoms with van der Waals surface area (Å²) in [5.74, 6) is -0.194. The van der Waals surface area contributed by atoms with E-state index in [-0.39, 0.29) is 10.8 Å². The van der Waals surface area contributed by atoms with E-state index < -0.39 is 9.84 Å². The molecule has 0 unspecified atom stereocenters. The Bertz CT molecular complexity index is 839. The first-order chi connectivity index (χ1) is 10.0. The van der Waals surface area contributed by atoms with Gasteiger partial charge in [0.05, 0.1) is 16.0 Å². The van der Waals surface area contributed by atoms with Crippen LogP contribution in [0.5, 0.6) is 0 Å². The fraction of sp³-hybridized carbons (Fsp3) is 0.0625. The first kappa shape index (κ1) is 13.6. The van der Waals surface area contributed by atoms with Crippen molar-refractivity contribution in [3.8, 4) is 0 Å². The van der Waals surface area contributed by atoms with E-state index >= 15 is 0 Å². The second-order valence-corrected chi connectivity index (χ2v) is 6.57. The quantitative estimate of drug-likeness (QED) is 0.856. The third kappa shape index (κ3) is 2.25. The van der Waals surface area contributed by atoms with Gasteiger partial charge in [-0.25, -0.2) is 8.42 Å². The van der Waals surface area contributed by atoms with E-state index in [4.69, 9.17) is 0 Å². The average Bonchev–Trinajstić information content (AvgIpc) is 2.74. The van der Waals surface area contributed by atoms with E-state index in [1.54, 1.807) is 49.5 Å². The summed E-state index contributed by atoms with van der Waals surface area (Å²) in [5.41, 5.74) is 1.57. The Morgan fingerprint density at radius 3 is 2.14 bits per heavy atom. The maximum atomic E-state index is 12.4. The number of hydrogen-bond donors (Lipinski definition) is 0. The monoisotopic (exact) mass is 299 g/mol. The predicted molar refractivity (Wildman–Crippen MR) is 80.1 cm³/mol. The molecule has 0 fully saturated rings. The lowest BCUT2D eigenvalue weighted by molar-refractivity contribution is 0.0875. The second kappa shape index (κ2) is 4.86. The number of rotatable bonds is 2. The minimum Gasteiger partial charge on any atom is -0.310 e. The van der Waals surface area contributed by atoms with E-state index in [1.165, 1.54) is 17.0 Å². The molecule has 0 bridgehead atoms. The molecular weight excluding hydrogens is 286 g/mol. The van der Waals surface area contributed by atoms with Crippen LogP contribution in [-0.4, -0.2) is 26.3 Å². The lowest BCUT2D eigenvalue weighted by Crippen LogP contribution is -2.17. The number of benzene rings is 2. The third-order valence-corrected chi connectivity index (χ3v) is 4.90. The number of carbonyl (C=O) groups excluding carboxylic acids is 1. The van der Waals surface area contributed by atoms with Gasteiger partial charge in [-0.2, -0.15) is 0 Å². The highest BCUT2D eigenvalue weighted by Gasteiger charge is 2.30. The fourth-order valence-electron chi connectivity index (χ4n) is 2.33. The SMILES string of the molecule is CN1C(=O)c2ccccc2/C1=C\S(=O)(=O)c1ccccc1. The summed E-state index contributed by atoms with van der Waals surface area (Å²) in [6, 6.07) is 15.2. The molecule has 0 aromatic heterocycles. The van der Waals surface area contributed by atoms with Gasteiger partial charge >= 0.3 is 0 Å². The third-order valence-electron chi connectivity index (χ3n) is 3.44. The van der Waals surface area contributed by atoms with E-state index in [9.17, 15) is 13.2 Å². The van der Waals surface area contributed by atoms with Crippen LogP contribution in [0.3, 0.4) is 0 Å². The van der Waals surface area contributed by atoms with Gasteiger partial charge in [0.1, 0.15) is 0 Å². The van der Waals surface area contributed by atoms with Crippen molar-refractivity contribution in [2.45, 2.75) is 4.90 Å². The van der Waals surface area contributed by atoms with Crippen LogP contribution < -0.4 is 0 Å². The molecule has 4 nitrogen and oxygen atoms in total. The Labute approximate surface area is 123 Å². The zero-order valence-corrected chi connectivity index (χ0v) is 12.2. The van der Waals surface area contributed by atoms with Gasteiger partial charge in [-0.1, -0.05) is 36.4 Å². The van der Waals surface area contributed by atoms with Gasteiger partial charge in [0.15, 0.2) is 0 Å². The summed E-state index contributed by atoms with van der Waals surface area (Å²) in [6.45, 7) is 0. The van der Waals surface area contributed by atoms with Crippen molar-refractivity contribution >= 4 is 21.4 Å². The molecule has 106 valence electrons. The standard InChI is InChI=1S/C16H13NO3S/c1-17-15(13-9-5-6-10-14(13)16(17)18)11-21(19,20)12-7-3-2-4-8-12/h2-11H,1H3/b15-11+. The smallest absolute Gasteiger partial charge is 0.258 e. The highest BCUT2D eigenvalue weighted by Crippen LogP contribution is 2.32. The Morgan fingerprint density at radius 1 is 0.905 bits per heavy atom. The Morgan fingerprint density at radius 2 is 1.48 bits per heavy atom. The Balaban J connectivity index is 2.15. The van der Waals surface area contributed by atoms with E-state index in [0.29, 0.717) is 16.8 Å². The van der Waals surface area contributed by atoms with Crippen LogP contribution in [0.1, 0.15) is 15.9 Å². The van der Waals surface area contributed by atoms with Crippen LogP contribution in [0.25, 0.3) is 5.70 Å². The summed E-state index contributed by atoms with van der Waals surface area (Å²) in [6.07, 6.45) is 0. The Hall–Kier alpha value is -2.40. The maximum absolute atomic E-state index is 12.4. The van der Waals surface area contributed by atoms with Gasteiger partial charge in [-0.15, -0.1) is 0 Å². The van der Waals surface area contributed by atoms with E-state index in [2.05, 4.69) is 0 Å². The van der Waals surface area contributed by atoms with Gasteiger partial charge in [-0.3, -0.25) is 4.79 Å². The minimum atomic E-state index is -3.60. The molecule has 1 amide bonds. The van der Waals surface area contributed by atoms with Gasteiger partial charge in [0.2, 0.25) is 9.84 Å². The maximum Gasteiger partial charge on any atom is 0.258 e. The zero-order chi connectivity index (χ0) is 15.0. The molecule has 0 saturated heterocycles. The molecule has 0 N–H and O–H groups in total. The molecule has 1 heterocycles. The molecule has 0 saturated carbocycles. The number of amides is 1. The van der Waals surface area contributed by atoms with E-state index in [1.807, 2.05) is 0 Å². The van der Waals surface area contributed by atoms with Crippen molar-refractivity contribution < 1.29 is 13.2 Å². The van der Waals surface area contributed by atoms with Crippen LogP contribution in [-0.2, 0) is 9.84 Å². The highest BCUT2D eigenvalue weighted by atomic mass is 32.2. The minimum absolute atomic E-state index is 0.194. The first-order valence-electron chi connectivity index (χ1n) is 6.40. The summed E-state index contributed by atoms with van der Waals surface area (Å²) in [5, 5.41) is 1.16. The normalized spacial score (nSPS) is 16.3. The molecule has 21 heavy (non-hydrogen) atoms. The van der Waals surface area contributed by atoms with Crippen molar-refractivity contribution in [3.05, 3.63) is 71.1 Å². The van der Waals surface area contributed by atoms with E-state index in [0.717, 1.165) is 5.41 Å². The van der Waals surface area contributed by atoms with Crippen LogP contribution in [0.4, 0.5) is 0 Å². The zero-order valence-electron chi connectivity index (χ0n) is 11.4. The molecule has 0 aliphatic carbocycles. The van der Waals surface area contributed by atoms with Crippen molar-refractivity contribution in [1.82, 2.24) is 4.90 Å². The molecule has 1 aliphatic rings. The lowest BCUT2D eigenvalue weighted by atomic mass is 10.1. The van der Waals surface area contributed by atoms with Gasteiger partial charge in [0.25, 0.3) is 5.91 Å². The van der Waals surface area contributed by atoms with Crippen molar-refractivity contribution in [2.24, 2.45) is 0 Å². The molecule has 1 aliphatic heterocycles. The van der Waals surface area contributed by atoms with Crippen LogP contribution in [0, 0.1) is 0 Å². The van der Waals surface area contributed by atoms with Gasteiger partial charge < -0.3 is 4.90 Å². The van der Waals surface area contributed by atoms with Crippen LogP contribution in [0.15, 0.2) is 64.9 Å². The number of carbonyl (C=O) groups is 1. The van der Waals surface area contributed by atoms with Crippen LogP contribution in [0.2, 0.25) is 0 Å². The molecular formula is C16H13NO3S. The molecule has 0 atom stereocenters. The average molecular weight is 299 g/mol. The van der Waals surface area contributed by atoms with Crippen LogP contribution >= 0.6 is 0 Å². The summed E-state index contributed by atoms with van der Waals surface area (Å²) >= 11 is 0. The summed E-state index contributed by atoms with van der Waals surface area (Å²) in [4.78, 5) is 13.7. The lowest BCUT2D eigenvalue weighted by Gasteiger charge is -2.11. The fourth-order valence-corrected chi connectivity index (χ4v) is 3.58. The van der Waals surface area contributed by atoms with Crippen molar-refractivity contribution in [3.63, 3.8) is 0 Å². The summed E-state index contributed by atoms with van der Waals surface area (Å²) < 4.78 is 24.9. The number of hydrogen-bond acceptors (Lipinski definition) is 3. The predicted octanol–water partition coefficient (Wildman–Crippen LogP) is 2.54. The molecule has 0 radical (unpaired) electrons. The largest absolute Gasteiger partial charge is 0.310 e. The van der Waals surface area contributed by atoms with Gasteiger partial charge in [-0.05, 0) is 18.2 Å². The first-order valence-corrected chi connectivity index (χ1v) is 7.94. The van der Waals surface area contributed by atoms with Gasteiger partial charge in [0, 0.05) is 18.2 Å². The molecule has 2 aromatic carbocycles. The molecule has 2 aromatic rings. The Kier molecular flexibility index (Phi) is 3.14. The number of fused-ring (bicyclic) bond motifs is 1. The second-order valence-electron chi connectivity index (χ2n) is 4.77. The molecule has 0 spiro atoms. The molecule has 3 rings (SSSR count).